The fourth-order valence-corrected chi connectivity index (χ4v) is 3.91. The summed E-state index contributed by atoms with van der Waals surface area (Å²) in [4.78, 5) is 24.1. The van der Waals surface area contributed by atoms with E-state index in [1.807, 2.05) is 31.2 Å². The lowest BCUT2D eigenvalue weighted by Gasteiger charge is -2.10. The van der Waals surface area contributed by atoms with E-state index in [2.05, 4.69) is 15.6 Å². The summed E-state index contributed by atoms with van der Waals surface area (Å²) in [6.45, 7) is 2.27. The maximum Gasteiger partial charge on any atom is 0.269 e. The van der Waals surface area contributed by atoms with Crippen LogP contribution in [0.3, 0.4) is 0 Å². The van der Waals surface area contributed by atoms with Gasteiger partial charge >= 0.3 is 0 Å². The number of nitrogens with one attached hydrogen (secondary N) is 3. The normalized spacial score (nSPS) is 11.1. The van der Waals surface area contributed by atoms with Crippen LogP contribution in [-0.2, 0) is 14.8 Å². The number of sulfonamides is 1. The Bertz CT molecular complexity index is 1180. The number of benzene rings is 3. The van der Waals surface area contributed by atoms with Gasteiger partial charge in [-0.25, -0.2) is 13.1 Å². The van der Waals surface area contributed by atoms with Crippen molar-refractivity contribution < 1.29 is 22.7 Å². The summed E-state index contributed by atoms with van der Waals surface area (Å²) in [7, 11) is -3.76. The Morgan fingerprint density at radius 3 is 2.32 bits per heavy atom. The van der Waals surface area contributed by atoms with Crippen molar-refractivity contribution >= 4 is 32.6 Å². The van der Waals surface area contributed by atoms with Crippen molar-refractivity contribution in [1.82, 2.24) is 15.6 Å². The van der Waals surface area contributed by atoms with Crippen LogP contribution in [0.15, 0.2) is 71.6 Å². The van der Waals surface area contributed by atoms with Crippen molar-refractivity contribution in [2.45, 2.75) is 18.2 Å². The highest BCUT2D eigenvalue weighted by Crippen LogP contribution is 2.18. The number of hydrogen-bond acceptors (Lipinski definition) is 5. The molecule has 0 aliphatic rings. The number of carbonyl (C=O) groups is 2. The van der Waals surface area contributed by atoms with E-state index < -0.39 is 21.8 Å². The van der Waals surface area contributed by atoms with Gasteiger partial charge in [0.1, 0.15) is 5.75 Å². The second-order valence-corrected chi connectivity index (χ2v) is 8.38. The SMILES string of the molecule is CCOc1ccc(C(=O)NNC(=O)CCNS(=O)(=O)c2ccc3ccccc3c2)cc1. The lowest BCUT2D eigenvalue weighted by molar-refractivity contribution is -0.121. The number of carbonyl (C=O) groups excluding carboxylic acids is 2. The Morgan fingerprint density at radius 2 is 1.61 bits per heavy atom. The van der Waals surface area contributed by atoms with Crippen molar-refractivity contribution in [2.75, 3.05) is 13.2 Å². The molecule has 0 bridgehead atoms. The van der Waals surface area contributed by atoms with Crippen LogP contribution in [0.2, 0.25) is 0 Å². The number of amides is 2. The van der Waals surface area contributed by atoms with E-state index in [0.717, 1.165) is 10.8 Å². The van der Waals surface area contributed by atoms with Gasteiger partial charge < -0.3 is 4.74 Å². The van der Waals surface area contributed by atoms with Gasteiger partial charge in [0.15, 0.2) is 0 Å². The third-order valence-electron chi connectivity index (χ3n) is 4.42. The first-order chi connectivity index (χ1) is 14.9. The van der Waals surface area contributed by atoms with Crippen molar-refractivity contribution in [1.29, 1.82) is 0 Å². The third-order valence-corrected chi connectivity index (χ3v) is 5.88. The molecule has 0 fully saturated rings. The van der Waals surface area contributed by atoms with Crippen LogP contribution < -0.4 is 20.3 Å². The van der Waals surface area contributed by atoms with Crippen LogP contribution in [0, 0.1) is 0 Å². The molecule has 0 aliphatic heterocycles. The monoisotopic (exact) mass is 441 g/mol. The van der Waals surface area contributed by atoms with Gasteiger partial charge in [-0.1, -0.05) is 30.3 Å². The molecule has 0 saturated carbocycles. The maximum absolute atomic E-state index is 12.5. The molecule has 3 N–H and O–H groups in total. The molecule has 0 unspecified atom stereocenters. The van der Waals surface area contributed by atoms with Crippen LogP contribution in [-0.4, -0.2) is 33.4 Å². The summed E-state index contributed by atoms with van der Waals surface area (Å²) in [5.41, 5.74) is 4.91. The van der Waals surface area contributed by atoms with E-state index in [9.17, 15) is 18.0 Å². The Kier molecular flexibility index (Phi) is 7.22. The average molecular weight is 442 g/mol. The Balaban J connectivity index is 1.47. The van der Waals surface area contributed by atoms with E-state index >= 15 is 0 Å². The molecule has 8 nitrogen and oxygen atoms in total. The standard InChI is InChI=1S/C22H23N3O5S/c1-2-30-19-10-7-17(8-11-19)22(27)25-24-21(26)13-14-23-31(28,29)20-12-9-16-5-3-4-6-18(16)15-20/h3-12,15,23H,2,13-14H2,1H3,(H,24,26)(H,25,27). The molecule has 0 aromatic heterocycles. The number of fused-ring (bicyclic) bond motifs is 1. The van der Waals surface area contributed by atoms with Crippen molar-refractivity contribution in [3.63, 3.8) is 0 Å². The maximum atomic E-state index is 12.5. The van der Waals surface area contributed by atoms with Crippen LogP contribution in [0.4, 0.5) is 0 Å². The fourth-order valence-electron chi connectivity index (χ4n) is 2.85. The number of hydrazine groups is 1. The van der Waals surface area contributed by atoms with Gasteiger partial charge in [-0.3, -0.25) is 20.4 Å². The van der Waals surface area contributed by atoms with Crippen molar-refractivity contribution in [3.8, 4) is 5.75 Å². The summed E-state index contributed by atoms with van der Waals surface area (Å²) in [6, 6.07) is 18.7. The number of ether oxygens (including phenoxy) is 1. The molecule has 2 amide bonds. The zero-order valence-electron chi connectivity index (χ0n) is 16.9. The molecule has 3 aromatic rings. The summed E-state index contributed by atoms with van der Waals surface area (Å²) in [6.07, 6.45) is -0.142. The Hall–Kier alpha value is -3.43. The van der Waals surface area contributed by atoms with Crippen LogP contribution in [0.25, 0.3) is 10.8 Å². The second kappa shape index (κ2) is 10.1. The first-order valence-electron chi connectivity index (χ1n) is 9.69. The van der Waals surface area contributed by atoms with E-state index in [1.54, 1.807) is 36.4 Å². The van der Waals surface area contributed by atoms with Gasteiger partial charge in [0, 0.05) is 18.5 Å². The molecule has 9 heteroatoms. The highest BCUT2D eigenvalue weighted by molar-refractivity contribution is 7.89. The first-order valence-corrected chi connectivity index (χ1v) is 11.2. The Labute approximate surface area is 180 Å². The molecule has 31 heavy (non-hydrogen) atoms. The van der Waals surface area contributed by atoms with Gasteiger partial charge in [0.2, 0.25) is 15.9 Å². The molecule has 162 valence electrons. The van der Waals surface area contributed by atoms with Crippen LogP contribution in [0.1, 0.15) is 23.7 Å². The van der Waals surface area contributed by atoms with Crippen LogP contribution in [0.5, 0.6) is 5.75 Å². The summed E-state index contributed by atoms with van der Waals surface area (Å²) >= 11 is 0. The first kappa shape index (κ1) is 22.3. The van der Waals surface area contributed by atoms with Gasteiger partial charge in [0.05, 0.1) is 11.5 Å². The molecule has 0 aliphatic carbocycles. The van der Waals surface area contributed by atoms with Crippen molar-refractivity contribution in [2.24, 2.45) is 0 Å². The molecule has 0 spiro atoms. The van der Waals surface area contributed by atoms with E-state index in [1.165, 1.54) is 6.07 Å². The molecular weight excluding hydrogens is 418 g/mol. The predicted octanol–water partition coefficient (Wildman–Crippen LogP) is 2.37. The molecule has 0 heterocycles. The molecule has 0 atom stereocenters. The molecule has 3 rings (SSSR count). The summed E-state index contributed by atoms with van der Waals surface area (Å²) in [5, 5.41) is 1.74. The van der Waals surface area contributed by atoms with Gasteiger partial charge in [-0.2, -0.15) is 0 Å². The van der Waals surface area contributed by atoms with E-state index in [-0.39, 0.29) is 17.9 Å². The Morgan fingerprint density at radius 1 is 0.903 bits per heavy atom. The average Bonchev–Trinajstić information content (AvgIpc) is 2.77. The minimum Gasteiger partial charge on any atom is -0.494 e. The zero-order chi connectivity index (χ0) is 22.3. The molecule has 3 aromatic carbocycles. The van der Waals surface area contributed by atoms with Gasteiger partial charge in [0.25, 0.3) is 5.91 Å². The predicted molar refractivity (Wildman–Crippen MR) is 117 cm³/mol. The minimum atomic E-state index is -3.76. The topological polar surface area (TPSA) is 114 Å². The van der Waals surface area contributed by atoms with Crippen molar-refractivity contribution in [3.05, 3.63) is 72.3 Å². The molecule has 0 radical (unpaired) electrons. The third kappa shape index (κ3) is 6.03. The second-order valence-electron chi connectivity index (χ2n) is 6.62. The zero-order valence-corrected chi connectivity index (χ0v) is 17.7. The molecule has 0 saturated heterocycles. The lowest BCUT2D eigenvalue weighted by Crippen LogP contribution is -2.42. The minimum absolute atomic E-state index is 0.111. The fraction of sp³-hybridized carbons (Fsp3) is 0.182. The highest BCUT2D eigenvalue weighted by Gasteiger charge is 2.15. The number of rotatable bonds is 8. The van der Waals surface area contributed by atoms with E-state index in [4.69, 9.17) is 4.74 Å². The smallest absolute Gasteiger partial charge is 0.269 e. The molecular formula is C22H23N3O5S. The van der Waals surface area contributed by atoms with Gasteiger partial charge in [-0.05, 0) is 54.1 Å². The van der Waals surface area contributed by atoms with Gasteiger partial charge in [-0.15, -0.1) is 0 Å². The van der Waals surface area contributed by atoms with E-state index in [0.29, 0.717) is 17.9 Å². The number of hydrogen-bond donors (Lipinski definition) is 3. The summed E-state index contributed by atoms with van der Waals surface area (Å²) < 4.78 is 32.6. The largest absolute Gasteiger partial charge is 0.494 e. The van der Waals surface area contributed by atoms with Crippen LogP contribution >= 0.6 is 0 Å². The summed E-state index contributed by atoms with van der Waals surface area (Å²) in [5.74, 6) is -0.379. The quantitative estimate of drug-likeness (QED) is 0.465. The highest BCUT2D eigenvalue weighted by atomic mass is 32.2. The lowest BCUT2D eigenvalue weighted by atomic mass is 10.1.